The Kier molecular flexibility index (Phi) is 4.31. The predicted molar refractivity (Wildman–Crippen MR) is 64.2 cm³/mol. The molecule has 16 heavy (non-hydrogen) atoms. The van der Waals surface area contributed by atoms with Crippen LogP contribution in [0.15, 0.2) is 24.3 Å². The van der Waals surface area contributed by atoms with Crippen LogP contribution in [0.1, 0.15) is 25.5 Å². The summed E-state index contributed by atoms with van der Waals surface area (Å²) in [5, 5.41) is 9.64. The normalized spacial score (nSPS) is 12.2. The molecule has 0 aliphatic heterocycles. The summed E-state index contributed by atoms with van der Waals surface area (Å²) in [4.78, 5) is 12.8. The van der Waals surface area contributed by atoms with Crippen molar-refractivity contribution >= 4 is 11.6 Å². The Morgan fingerprint density at radius 3 is 2.62 bits per heavy atom. The SMILES string of the molecule is CCN(CC(N)=O)c1ccccc1[C@H](C)O. The van der Waals surface area contributed by atoms with E-state index in [1.165, 1.54) is 0 Å². The molecule has 1 aromatic rings. The van der Waals surface area contributed by atoms with Gasteiger partial charge in [0.25, 0.3) is 0 Å². The van der Waals surface area contributed by atoms with Gasteiger partial charge in [-0.1, -0.05) is 18.2 Å². The molecule has 0 spiro atoms. The number of aliphatic hydroxyl groups excluding tert-OH is 1. The minimum atomic E-state index is -0.557. The van der Waals surface area contributed by atoms with Gasteiger partial charge >= 0.3 is 0 Å². The van der Waals surface area contributed by atoms with Crippen molar-refractivity contribution in [2.24, 2.45) is 5.73 Å². The lowest BCUT2D eigenvalue weighted by Gasteiger charge is -2.25. The second kappa shape index (κ2) is 5.51. The third kappa shape index (κ3) is 2.97. The van der Waals surface area contributed by atoms with E-state index in [2.05, 4.69) is 0 Å². The molecule has 0 saturated carbocycles. The highest BCUT2D eigenvalue weighted by molar-refractivity contribution is 5.80. The van der Waals surface area contributed by atoms with Crippen LogP contribution in [0.3, 0.4) is 0 Å². The highest BCUT2D eigenvalue weighted by atomic mass is 16.3. The molecule has 0 radical (unpaired) electrons. The summed E-state index contributed by atoms with van der Waals surface area (Å²) < 4.78 is 0. The van der Waals surface area contributed by atoms with E-state index in [0.29, 0.717) is 6.54 Å². The molecule has 0 bridgehead atoms. The number of hydrogen-bond acceptors (Lipinski definition) is 3. The maximum atomic E-state index is 10.9. The number of carbonyl (C=O) groups excluding carboxylic acids is 1. The molecular formula is C12H18N2O2. The standard InChI is InChI=1S/C12H18N2O2/c1-3-14(8-12(13)16)11-7-5-4-6-10(11)9(2)15/h4-7,9,15H,3,8H2,1-2H3,(H2,13,16)/t9-/m0/s1. The zero-order valence-corrected chi connectivity index (χ0v) is 9.68. The number of primary amides is 1. The average Bonchev–Trinajstić information content (AvgIpc) is 2.25. The number of likely N-dealkylation sites (N-methyl/N-ethyl adjacent to an activating group) is 1. The van der Waals surface area contributed by atoms with Gasteiger partial charge in [0.15, 0.2) is 0 Å². The molecule has 4 heteroatoms. The van der Waals surface area contributed by atoms with Gasteiger partial charge in [-0.15, -0.1) is 0 Å². The van der Waals surface area contributed by atoms with Crippen molar-refractivity contribution < 1.29 is 9.90 Å². The summed E-state index contributed by atoms with van der Waals surface area (Å²) in [5.41, 5.74) is 6.86. The smallest absolute Gasteiger partial charge is 0.236 e. The van der Waals surface area contributed by atoms with Crippen LogP contribution in [0, 0.1) is 0 Å². The van der Waals surface area contributed by atoms with Crippen molar-refractivity contribution in [2.75, 3.05) is 18.0 Å². The Bertz CT molecular complexity index is 364. The maximum absolute atomic E-state index is 10.9. The molecule has 0 unspecified atom stereocenters. The lowest BCUT2D eigenvalue weighted by Crippen LogP contribution is -2.34. The largest absolute Gasteiger partial charge is 0.389 e. The van der Waals surface area contributed by atoms with Crippen LogP contribution < -0.4 is 10.6 Å². The first-order chi connectivity index (χ1) is 7.56. The molecule has 3 N–H and O–H groups in total. The number of aliphatic hydroxyl groups is 1. The van der Waals surface area contributed by atoms with E-state index in [0.717, 1.165) is 11.3 Å². The summed E-state index contributed by atoms with van der Waals surface area (Å²) in [6.45, 7) is 4.49. The number of hydrogen-bond donors (Lipinski definition) is 2. The van der Waals surface area contributed by atoms with Crippen molar-refractivity contribution in [3.63, 3.8) is 0 Å². The van der Waals surface area contributed by atoms with Gasteiger partial charge in [-0.3, -0.25) is 4.79 Å². The number of nitrogens with two attached hydrogens (primary N) is 1. The Morgan fingerprint density at radius 2 is 2.12 bits per heavy atom. The molecule has 1 amide bonds. The number of anilines is 1. The predicted octanol–water partition coefficient (Wildman–Crippen LogP) is 1.05. The second-order valence-electron chi connectivity index (χ2n) is 3.72. The van der Waals surface area contributed by atoms with Gasteiger partial charge < -0.3 is 15.7 Å². The van der Waals surface area contributed by atoms with Gasteiger partial charge in [-0.25, -0.2) is 0 Å². The van der Waals surface area contributed by atoms with Crippen molar-refractivity contribution in [2.45, 2.75) is 20.0 Å². The van der Waals surface area contributed by atoms with E-state index in [1.807, 2.05) is 36.1 Å². The summed E-state index contributed by atoms with van der Waals surface area (Å²) >= 11 is 0. The highest BCUT2D eigenvalue weighted by Gasteiger charge is 2.13. The topological polar surface area (TPSA) is 66.6 Å². The third-order valence-electron chi connectivity index (χ3n) is 2.46. The Balaban J connectivity index is 3.03. The minimum absolute atomic E-state index is 0.167. The van der Waals surface area contributed by atoms with E-state index in [1.54, 1.807) is 6.92 Å². The number of carbonyl (C=O) groups is 1. The molecule has 0 heterocycles. The van der Waals surface area contributed by atoms with Gasteiger partial charge in [0.2, 0.25) is 5.91 Å². The number of benzene rings is 1. The monoisotopic (exact) mass is 222 g/mol. The van der Waals surface area contributed by atoms with Gasteiger partial charge in [-0.05, 0) is 19.9 Å². The van der Waals surface area contributed by atoms with Crippen LogP contribution in [0.4, 0.5) is 5.69 Å². The third-order valence-corrected chi connectivity index (χ3v) is 2.46. The molecule has 0 aromatic heterocycles. The van der Waals surface area contributed by atoms with E-state index >= 15 is 0 Å². The van der Waals surface area contributed by atoms with Crippen molar-refractivity contribution in [1.82, 2.24) is 0 Å². The van der Waals surface area contributed by atoms with Crippen LogP contribution in [-0.2, 0) is 4.79 Å². The van der Waals surface area contributed by atoms with Crippen LogP contribution in [0.25, 0.3) is 0 Å². The molecule has 1 aromatic carbocycles. The minimum Gasteiger partial charge on any atom is -0.389 e. The maximum Gasteiger partial charge on any atom is 0.236 e. The van der Waals surface area contributed by atoms with Gasteiger partial charge in [-0.2, -0.15) is 0 Å². The summed E-state index contributed by atoms with van der Waals surface area (Å²) in [6.07, 6.45) is -0.557. The average molecular weight is 222 g/mol. The van der Waals surface area contributed by atoms with E-state index in [-0.39, 0.29) is 12.5 Å². The van der Waals surface area contributed by atoms with Crippen LogP contribution in [-0.4, -0.2) is 24.1 Å². The summed E-state index contributed by atoms with van der Waals surface area (Å²) in [7, 11) is 0. The second-order valence-corrected chi connectivity index (χ2v) is 3.72. The summed E-state index contributed by atoms with van der Waals surface area (Å²) in [5.74, 6) is -0.373. The van der Waals surface area contributed by atoms with E-state index in [9.17, 15) is 9.90 Å². The number of para-hydroxylation sites is 1. The number of nitrogens with zero attached hydrogens (tertiary/aromatic N) is 1. The van der Waals surface area contributed by atoms with E-state index < -0.39 is 6.10 Å². The molecule has 0 fully saturated rings. The van der Waals surface area contributed by atoms with Crippen molar-refractivity contribution in [1.29, 1.82) is 0 Å². The number of rotatable bonds is 5. The fourth-order valence-corrected chi connectivity index (χ4v) is 1.68. The van der Waals surface area contributed by atoms with Crippen LogP contribution in [0.2, 0.25) is 0 Å². The quantitative estimate of drug-likeness (QED) is 0.782. The van der Waals surface area contributed by atoms with Gasteiger partial charge in [0.05, 0.1) is 12.6 Å². The number of amides is 1. The van der Waals surface area contributed by atoms with Gasteiger partial charge in [0, 0.05) is 17.8 Å². The Labute approximate surface area is 95.7 Å². The lowest BCUT2D eigenvalue weighted by molar-refractivity contribution is -0.116. The molecular weight excluding hydrogens is 204 g/mol. The van der Waals surface area contributed by atoms with Crippen molar-refractivity contribution in [3.05, 3.63) is 29.8 Å². The lowest BCUT2D eigenvalue weighted by atomic mass is 10.1. The first kappa shape index (κ1) is 12.5. The first-order valence-electron chi connectivity index (χ1n) is 5.36. The fourth-order valence-electron chi connectivity index (χ4n) is 1.68. The zero-order valence-electron chi connectivity index (χ0n) is 9.68. The molecule has 1 rings (SSSR count). The molecule has 0 aliphatic rings. The summed E-state index contributed by atoms with van der Waals surface area (Å²) in [6, 6.07) is 7.48. The highest BCUT2D eigenvalue weighted by Crippen LogP contribution is 2.25. The van der Waals surface area contributed by atoms with Gasteiger partial charge in [0.1, 0.15) is 0 Å². The molecule has 4 nitrogen and oxygen atoms in total. The Morgan fingerprint density at radius 1 is 1.50 bits per heavy atom. The molecule has 1 atom stereocenters. The molecule has 0 saturated heterocycles. The molecule has 88 valence electrons. The fraction of sp³-hybridized carbons (Fsp3) is 0.417. The van der Waals surface area contributed by atoms with Crippen molar-refractivity contribution in [3.8, 4) is 0 Å². The molecule has 0 aliphatic carbocycles. The van der Waals surface area contributed by atoms with Crippen LogP contribution in [0.5, 0.6) is 0 Å². The first-order valence-corrected chi connectivity index (χ1v) is 5.36. The zero-order chi connectivity index (χ0) is 12.1. The van der Waals surface area contributed by atoms with Crippen LogP contribution >= 0.6 is 0 Å². The Hall–Kier alpha value is -1.55. The van der Waals surface area contributed by atoms with E-state index in [4.69, 9.17) is 5.73 Å².